The summed E-state index contributed by atoms with van der Waals surface area (Å²) < 4.78 is 33.2. The number of aliphatic carboxylic acids is 1. The molecule has 6 nitrogen and oxygen atoms in total. The van der Waals surface area contributed by atoms with E-state index in [1.807, 2.05) is 0 Å². The van der Waals surface area contributed by atoms with Crippen LogP contribution in [0.5, 0.6) is 0 Å². The predicted octanol–water partition coefficient (Wildman–Crippen LogP) is -0.0238. The van der Waals surface area contributed by atoms with Gasteiger partial charge in [0.05, 0.1) is 0 Å². The first-order chi connectivity index (χ1) is 5.42. The largest absolute Gasteiger partial charge is 0.725 e. The number of hydrogen-bond donors (Lipinski definition) is 1. The Balaban J connectivity index is 3.29. The van der Waals surface area contributed by atoms with Gasteiger partial charge in [-0.2, -0.15) is 0 Å². The molecule has 12 heavy (non-hydrogen) atoms. The molecule has 0 aliphatic rings. The summed E-state index contributed by atoms with van der Waals surface area (Å²) in [6.45, 7) is 0. The van der Waals surface area contributed by atoms with Crippen molar-refractivity contribution in [3.8, 4) is 0 Å². The second-order valence-corrected chi connectivity index (χ2v) is 3.80. The SMILES string of the molecule is O=C(O)CCCSOS(=O)(=O)[O-]. The van der Waals surface area contributed by atoms with Crippen molar-refractivity contribution < 1.29 is 26.5 Å². The lowest BCUT2D eigenvalue weighted by Gasteiger charge is -2.04. The predicted molar refractivity (Wildman–Crippen MR) is 40.1 cm³/mol. The molecule has 0 aliphatic carbocycles. The fourth-order valence-corrected chi connectivity index (χ4v) is 1.38. The maximum absolute atomic E-state index is 9.93. The summed E-state index contributed by atoms with van der Waals surface area (Å²) >= 11 is 0.438. The molecule has 0 spiro atoms. The molecular weight excluding hydrogens is 208 g/mol. The third-order valence-electron chi connectivity index (χ3n) is 0.750. The lowest BCUT2D eigenvalue weighted by Crippen LogP contribution is -1.99. The van der Waals surface area contributed by atoms with Crippen LogP contribution >= 0.6 is 12.0 Å². The lowest BCUT2D eigenvalue weighted by molar-refractivity contribution is -0.137. The minimum absolute atomic E-state index is 0.0741. The highest BCUT2D eigenvalue weighted by Gasteiger charge is 1.99. The van der Waals surface area contributed by atoms with E-state index in [-0.39, 0.29) is 18.6 Å². The van der Waals surface area contributed by atoms with Crippen LogP contribution in [0.3, 0.4) is 0 Å². The molecule has 0 saturated heterocycles. The Kier molecular flexibility index (Phi) is 5.22. The smallest absolute Gasteiger partial charge is 0.303 e. The molecule has 0 atom stereocenters. The third-order valence-corrected chi connectivity index (χ3v) is 2.26. The number of carboxylic acids is 1. The van der Waals surface area contributed by atoms with E-state index in [2.05, 4.69) is 3.63 Å². The maximum atomic E-state index is 9.93. The van der Waals surface area contributed by atoms with E-state index in [1.165, 1.54) is 0 Å². The molecule has 0 fully saturated rings. The Hall–Kier alpha value is -0.310. The van der Waals surface area contributed by atoms with Gasteiger partial charge >= 0.3 is 5.97 Å². The summed E-state index contributed by atoms with van der Waals surface area (Å²) in [6.07, 6.45) is 0.185. The van der Waals surface area contributed by atoms with E-state index in [1.54, 1.807) is 0 Å². The molecule has 0 radical (unpaired) electrons. The van der Waals surface area contributed by atoms with Crippen LogP contribution in [0.2, 0.25) is 0 Å². The minimum Gasteiger partial charge on any atom is -0.725 e. The van der Waals surface area contributed by atoms with Crippen LogP contribution in [0, 0.1) is 0 Å². The summed E-state index contributed by atoms with van der Waals surface area (Å²) in [7, 11) is -4.66. The van der Waals surface area contributed by atoms with Gasteiger partial charge in [-0.25, -0.2) is 12.0 Å². The summed E-state index contributed by atoms with van der Waals surface area (Å²) in [5, 5.41) is 8.14. The van der Waals surface area contributed by atoms with Gasteiger partial charge in [0.15, 0.2) is 0 Å². The summed E-state index contributed by atoms with van der Waals surface area (Å²) in [5.41, 5.74) is 0. The molecular formula is C4H7O6S2-. The Morgan fingerprint density at radius 1 is 1.58 bits per heavy atom. The van der Waals surface area contributed by atoms with Crippen molar-refractivity contribution in [2.45, 2.75) is 12.8 Å². The Morgan fingerprint density at radius 2 is 2.17 bits per heavy atom. The van der Waals surface area contributed by atoms with Crippen LogP contribution < -0.4 is 0 Å². The highest BCUT2D eigenvalue weighted by molar-refractivity contribution is 8.02. The van der Waals surface area contributed by atoms with E-state index in [0.717, 1.165) is 0 Å². The van der Waals surface area contributed by atoms with Gasteiger partial charge < -0.3 is 9.66 Å². The highest BCUT2D eigenvalue weighted by atomic mass is 32.3. The second kappa shape index (κ2) is 5.36. The van der Waals surface area contributed by atoms with E-state index in [0.29, 0.717) is 12.0 Å². The van der Waals surface area contributed by atoms with E-state index in [9.17, 15) is 17.8 Å². The molecule has 0 heterocycles. The molecule has 0 saturated carbocycles. The van der Waals surface area contributed by atoms with Gasteiger partial charge in [-0.15, -0.1) is 0 Å². The first-order valence-corrected chi connectivity index (χ1v) is 5.15. The van der Waals surface area contributed by atoms with Gasteiger partial charge in [0.25, 0.3) is 0 Å². The van der Waals surface area contributed by atoms with Gasteiger partial charge in [0, 0.05) is 24.2 Å². The Labute approximate surface area is 74.1 Å². The average Bonchev–Trinajstić information content (AvgIpc) is 1.83. The summed E-state index contributed by atoms with van der Waals surface area (Å²) in [6, 6.07) is 0. The standard InChI is InChI=1S/C4H8O6S2/c5-4(6)2-1-3-11-10-12(7,8)9/h1-3H2,(H,5,6)(H,7,8,9)/p-1. The van der Waals surface area contributed by atoms with Crippen LogP contribution in [-0.2, 0) is 18.8 Å². The average molecular weight is 215 g/mol. The first kappa shape index (κ1) is 11.7. The van der Waals surface area contributed by atoms with Crippen molar-refractivity contribution in [2.75, 3.05) is 5.75 Å². The summed E-state index contributed by atoms with van der Waals surface area (Å²) in [4.78, 5) is 9.93. The molecule has 0 aromatic carbocycles. The van der Waals surface area contributed by atoms with Crippen molar-refractivity contribution in [2.24, 2.45) is 0 Å². The molecule has 0 aliphatic heterocycles. The van der Waals surface area contributed by atoms with Gasteiger partial charge in [-0.3, -0.25) is 4.79 Å². The van der Waals surface area contributed by atoms with Crippen LogP contribution in [-0.4, -0.2) is 29.8 Å². The van der Waals surface area contributed by atoms with Crippen molar-refractivity contribution in [1.82, 2.24) is 0 Å². The van der Waals surface area contributed by atoms with Crippen molar-refractivity contribution in [1.29, 1.82) is 0 Å². The molecule has 1 N–H and O–H groups in total. The number of carboxylic acid groups (broad SMARTS) is 1. The van der Waals surface area contributed by atoms with Crippen molar-refractivity contribution in [3.63, 3.8) is 0 Å². The third kappa shape index (κ3) is 9.69. The molecule has 0 bridgehead atoms. The Morgan fingerprint density at radius 3 is 2.58 bits per heavy atom. The number of carbonyl (C=O) groups is 1. The number of hydrogen-bond acceptors (Lipinski definition) is 6. The molecule has 72 valence electrons. The molecule has 0 rings (SSSR count). The van der Waals surface area contributed by atoms with E-state index >= 15 is 0 Å². The maximum Gasteiger partial charge on any atom is 0.303 e. The zero-order valence-corrected chi connectivity index (χ0v) is 7.56. The molecule has 8 heteroatoms. The van der Waals surface area contributed by atoms with Gasteiger partial charge in [-0.05, 0) is 6.42 Å². The van der Waals surface area contributed by atoms with Gasteiger partial charge in [0.1, 0.15) is 0 Å². The van der Waals surface area contributed by atoms with Crippen LogP contribution in [0.15, 0.2) is 0 Å². The molecule has 0 unspecified atom stereocenters. The minimum atomic E-state index is -4.66. The van der Waals surface area contributed by atoms with E-state index in [4.69, 9.17) is 5.11 Å². The Bertz CT molecular complexity index is 232. The van der Waals surface area contributed by atoms with Crippen molar-refractivity contribution >= 4 is 28.4 Å². The topological polar surface area (TPSA) is 104 Å². The lowest BCUT2D eigenvalue weighted by atomic mass is 10.3. The normalized spacial score (nSPS) is 11.4. The zero-order chi connectivity index (χ0) is 9.61. The monoisotopic (exact) mass is 215 g/mol. The van der Waals surface area contributed by atoms with Crippen LogP contribution in [0.4, 0.5) is 0 Å². The quantitative estimate of drug-likeness (QED) is 0.287. The first-order valence-electron chi connectivity index (χ1n) is 2.90. The zero-order valence-electron chi connectivity index (χ0n) is 5.93. The van der Waals surface area contributed by atoms with Crippen LogP contribution in [0.25, 0.3) is 0 Å². The molecule has 0 aromatic heterocycles. The second-order valence-electron chi connectivity index (χ2n) is 1.80. The van der Waals surface area contributed by atoms with Gasteiger partial charge in [0.2, 0.25) is 10.4 Å². The molecule has 0 amide bonds. The fraction of sp³-hybridized carbons (Fsp3) is 0.750. The van der Waals surface area contributed by atoms with E-state index < -0.39 is 16.4 Å². The van der Waals surface area contributed by atoms with Crippen LogP contribution in [0.1, 0.15) is 12.8 Å². The van der Waals surface area contributed by atoms with Crippen molar-refractivity contribution in [3.05, 3.63) is 0 Å². The highest BCUT2D eigenvalue weighted by Crippen LogP contribution is 2.09. The fourth-order valence-electron chi connectivity index (χ4n) is 0.375. The van der Waals surface area contributed by atoms with Gasteiger partial charge in [-0.1, -0.05) is 0 Å². The number of rotatable bonds is 6. The summed E-state index contributed by atoms with van der Waals surface area (Å²) in [5.74, 6) is -0.811. The molecule has 0 aromatic rings.